The summed E-state index contributed by atoms with van der Waals surface area (Å²) in [6, 6.07) is 11.2. The molecular formula is C63H18AlF36NO2. The normalized spacial score (nSPS) is 10.8. The Kier molecular flexibility index (Phi) is 25.7. The molecule has 0 amide bonds. The summed E-state index contributed by atoms with van der Waals surface area (Å²) in [4.78, 5) is 0. The number of fused-ring (bicyclic) bond motifs is 1. The van der Waals surface area contributed by atoms with E-state index in [2.05, 4.69) is 0 Å². The summed E-state index contributed by atoms with van der Waals surface area (Å²) in [5.74, 6) is -76.1. The molecule has 0 aliphatic rings. The van der Waals surface area contributed by atoms with E-state index >= 15 is 0 Å². The average molecular weight is 1530 g/mol. The molecule has 0 bridgehead atoms. The Morgan fingerprint density at radius 2 is 0.456 bits per heavy atom. The van der Waals surface area contributed by atoms with E-state index < -0.39 is 281 Å². The fraction of sp³-hybridized carbons (Fsp3) is 0.0159. The molecule has 1 heterocycles. The second-order valence-corrected chi connectivity index (χ2v) is 19.5. The molecule has 0 spiro atoms. The van der Waals surface area contributed by atoms with Gasteiger partial charge in [0.15, 0.2) is 186 Å². The zero-order valence-electron chi connectivity index (χ0n) is 48.6. The average Bonchev–Trinajstić information content (AvgIpc) is 1.59. The SMILES string of the molecule is Cc1c(F)c(F)c(F)c(-n2ccc3ccccc32)c1F.Fc1ccc(-c2c(F)c(F)c(F)c(F)c2F)c(F)c1F.Fc1ccc(-c2c(F)c(F)c(F)c(F)c2F)c(F)c1F.Fc1ccc(-c2c(F)c(F)c(F)c(F)c2F)c(F)c1F.Fc1ccc(-c2c(F)c(F)c(F)c(F)c2F)c(F)c1F.[O]=[Al][OH]. The van der Waals surface area contributed by atoms with E-state index in [9.17, 15) is 158 Å². The van der Waals surface area contributed by atoms with Crippen LogP contribution in [0.15, 0.2) is 85.1 Å². The monoisotopic (exact) mass is 1530 g/mol. The molecule has 0 saturated carbocycles. The van der Waals surface area contributed by atoms with Gasteiger partial charge in [-0.2, -0.15) is 0 Å². The van der Waals surface area contributed by atoms with E-state index in [1.165, 1.54) is 10.8 Å². The number of benzene rings is 10. The summed E-state index contributed by atoms with van der Waals surface area (Å²) in [6.45, 7) is 1.07. The first-order valence-electron chi connectivity index (χ1n) is 26.1. The third kappa shape index (κ3) is 15.4. The molecule has 10 aromatic carbocycles. The summed E-state index contributed by atoms with van der Waals surface area (Å²) in [5.41, 5.74) is -12.4. The van der Waals surface area contributed by atoms with Crippen LogP contribution in [0.2, 0.25) is 0 Å². The van der Waals surface area contributed by atoms with Gasteiger partial charge in [0.2, 0.25) is 23.3 Å². The van der Waals surface area contributed by atoms with Crippen LogP contribution in [-0.2, 0) is 3.80 Å². The summed E-state index contributed by atoms with van der Waals surface area (Å²) in [7, 11) is 0. The van der Waals surface area contributed by atoms with Crippen LogP contribution in [-0.4, -0.2) is 24.2 Å². The molecule has 0 radical (unpaired) electrons. The number of aromatic nitrogens is 1. The third-order valence-electron chi connectivity index (χ3n) is 13.4. The number of rotatable bonds is 5. The molecule has 542 valence electrons. The molecule has 11 aromatic rings. The van der Waals surface area contributed by atoms with Gasteiger partial charge in [-0.3, -0.25) is 0 Å². The minimum absolute atomic E-state index is 0.297. The van der Waals surface area contributed by atoms with Crippen molar-refractivity contribution in [2.24, 2.45) is 0 Å². The number of halogens is 36. The van der Waals surface area contributed by atoms with Gasteiger partial charge in [0.1, 0.15) is 5.69 Å². The minimum atomic E-state index is -2.44. The van der Waals surface area contributed by atoms with Gasteiger partial charge in [-0.15, -0.1) is 0 Å². The molecule has 0 saturated heterocycles. The summed E-state index contributed by atoms with van der Waals surface area (Å²) < 4.78 is 490. The third-order valence-corrected chi connectivity index (χ3v) is 13.4. The van der Waals surface area contributed by atoms with Crippen LogP contribution < -0.4 is 0 Å². The zero-order chi connectivity index (χ0) is 77.9. The molecule has 3 nitrogen and oxygen atoms in total. The topological polar surface area (TPSA) is 42.2 Å². The first kappa shape index (κ1) is 81.3. The fourth-order valence-corrected chi connectivity index (χ4v) is 8.47. The number of hydrogen-bond acceptors (Lipinski definition) is 1. The predicted molar refractivity (Wildman–Crippen MR) is 283 cm³/mol. The van der Waals surface area contributed by atoms with Crippen LogP contribution in [0.3, 0.4) is 0 Å². The van der Waals surface area contributed by atoms with Crippen molar-refractivity contribution in [1.29, 1.82) is 0 Å². The Labute approximate surface area is 552 Å². The second-order valence-electron chi connectivity index (χ2n) is 19.3. The molecule has 103 heavy (non-hydrogen) atoms. The number of para-hydroxylation sites is 1. The fourth-order valence-electron chi connectivity index (χ4n) is 8.47. The van der Waals surface area contributed by atoms with E-state index in [4.69, 9.17) is 7.96 Å². The van der Waals surface area contributed by atoms with Crippen molar-refractivity contribution >= 4 is 26.4 Å². The molecule has 1 N–H and O–H groups in total. The molecule has 11 rings (SSSR count). The maximum absolute atomic E-state index is 14.1. The van der Waals surface area contributed by atoms with E-state index in [1.807, 2.05) is 0 Å². The standard InChI is InChI=1S/C15H9F4N.4C12H2F8.Al.H2O.O/c1-8-11(16)13(18)14(19)15(12(8)17)20-7-6-9-4-2-3-5-10(9)20;4*13-4-2-1-3(6(14)7(4)15)5-8(16)10(18)12(20)11(19)9(5)17;;;/h2-7H,1H3;4*1-2H;;1H2;/q;;;;;+1;;/p-1. The van der Waals surface area contributed by atoms with E-state index in [0.717, 1.165) is 12.3 Å². The Hall–Kier alpha value is -10.6. The van der Waals surface area contributed by atoms with E-state index in [1.54, 1.807) is 30.3 Å². The van der Waals surface area contributed by atoms with Gasteiger partial charge in [0.25, 0.3) is 0 Å². The molecular weight excluding hydrogens is 1510 g/mol. The van der Waals surface area contributed by atoms with Crippen LogP contribution in [0.25, 0.3) is 61.1 Å². The van der Waals surface area contributed by atoms with Crippen molar-refractivity contribution in [2.75, 3.05) is 0 Å². The Morgan fingerprint density at radius 3 is 0.699 bits per heavy atom. The predicted octanol–water partition coefficient (Wildman–Crippen LogP) is 21.3. The van der Waals surface area contributed by atoms with Crippen LogP contribution in [0, 0.1) is 216 Å². The summed E-state index contributed by atoms with van der Waals surface area (Å²) in [6.07, 6.45) is 1.42. The Morgan fingerprint density at radius 1 is 0.243 bits per heavy atom. The summed E-state index contributed by atoms with van der Waals surface area (Å²) in [5, 5.41) is 0.744. The second kappa shape index (κ2) is 32.6. The van der Waals surface area contributed by atoms with Crippen molar-refractivity contribution in [3.63, 3.8) is 0 Å². The van der Waals surface area contributed by atoms with Crippen LogP contribution in [0.5, 0.6) is 0 Å². The molecule has 0 aliphatic carbocycles. The zero-order valence-corrected chi connectivity index (χ0v) is 49.7. The van der Waals surface area contributed by atoms with Crippen molar-refractivity contribution in [2.45, 2.75) is 6.92 Å². The quantitative estimate of drug-likeness (QED) is 0.0808. The van der Waals surface area contributed by atoms with Gasteiger partial charge in [-0.1, -0.05) is 18.2 Å². The van der Waals surface area contributed by atoms with Gasteiger partial charge >= 0.3 is 23.4 Å². The molecule has 0 aliphatic heterocycles. The Balaban J connectivity index is 0.000000200. The molecule has 1 aromatic heterocycles. The van der Waals surface area contributed by atoms with Crippen LogP contribution in [0.4, 0.5) is 158 Å². The maximum atomic E-state index is 14.1. The molecule has 0 atom stereocenters. The van der Waals surface area contributed by atoms with E-state index in [0.29, 0.717) is 54.0 Å². The van der Waals surface area contributed by atoms with Gasteiger partial charge in [0.05, 0.1) is 27.8 Å². The van der Waals surface area contributed by atoms with Gasteiger partial charge < -0.3 is 4.57 Å². The molecule has 0 unspecified atom stereocenters. The summed E-state index contributed by atoms with van der Waals surface area (Å²) >= 11 is -1.50. The number of hydrogen-bond donors (Lipinski definition) is 1. The van der Waals surface area contributed by atoms with Crippen molar-refractivity contribution in [1.82, 2.24) is 4.57 Å². The van der Waals surface area contributed by atoms with Gasteiger partial charge in [0, 0.05) is 34.0 Å². The van der Waals surface area contributed by atoms with E-state index in [-0.39, 0.29) is 0 Å². The molecule has 0 fully saturated rings. The van der Waals surface area contributed by atoms with Crippen LogP contribution >= 0.6 is 0 Å². The Bertz CT molecular complexity index is 4560. The van der Waals surface area contributed by atoms with Crippen molar-refractivity contribution < 1.29 is 166 Å². The molecule has 40 heteroatoms. The van der Waals surface area contributed by atoms with Crippen molar-refractivity contribution in [3.8, 4) is 50.2 Å². The first-order chi connectivity index (χ1) is 48.0. The van der Waals surface area contributed by atoms with Crippen LogP contribution in [0.1, 0.15) is 5.56 Å². The number of nitrogens with zero attached hydrogens (tertiary/aromatic N) is 1. The van der Waals surface area contributed by atoms with Gasteiger partial charge in [-0.25, -0.2) is 158 Å². The van der Waals surface area contributed by atoms with Gasteiger partial charge in [-0.05, 0) is 73.0 Å². The van der Waals surface area contributed by atoms with Crippen molar-refractivity contribution in [3.05, 3.63) is 300 Å². The first-order valence-corrected chi connectivity index (χ1v) is 27.1.